The lowest BCUT2D eigenvalue weighted by molar-refractivity contribution is 0.102. The van der Waals surface area contributed by atoms with Crippen molar-refractivity contribution >= 4 is 21.6 Å². The molecule has 2 heterocycles. The number of carbonyl (C=O) groups excluding carboxylic acids is 1. The molecule has 9 heteroatoms. The molecule has 2 aromatic carbocycles. The molecular weight excluding hydrogens is 390 g/mol. The van der Waals surface area contributed by atoms with E-state index in [-0.39, 0.29) is 10.5 Å². The number of nitrogens with zero attached hydrogens (tertiary/aromatic N) is 4. The predicted octanol–water partition coefficient (Wildman–Crippen LogP) is 2.69. The van der Waals surface area contributed by atoms with Crippen LogP contribution in [0.1, 0.15) is 29.6 Å². The van der Waals surface area contributed by atoms with Gasteiger partial charge >= 0.3 is 0 Å². The van der Waals surface area contributed by atoms with Crippen molar-refractivity contribution in [3.8, 4) is 5.69 Å². The quantitative estimate of drug-likeness (QED) is 0.696. The minimum Gasteiger partial charge on any atom is -0.320 e. The molecule has 1 amide bonds. The summed E-state index contributed by atoms with van der Waals surface area (Å²) in [6, 6.07) is 13.3. The number of benzene rings is 2. The number of nitrogens with one attached hydrogen (secondary N) is 1. The zero-order chi connectivity index (χ0) is 20.3. The lowest BCUT2D eigenvalue weighted by Gasteiger charge is -2.26. The van der Waals surface area contributed by atoms with Crippen LogP contribution >= 0.6 is 0 Å². The minimum absolute atomic E-state index is 0.136. The van der Waals surface area contributed by atoms with Crippen LogP contribution in [-0.2, 0) is 10.0 Å². The zero-order valence-electron chi connectivity index (χ0n) is 15.7. The third-order valence-corrected chi connectivity index (χ3v) is 6.77. The fourth-order valence-electron chi connectivity index (χ4n) is 3.36. The Kier molecular flexibility index (Phi) is 5.41. The van der Waals surface area contributed by atoms with Gasteiger partial charge in [0.15, 0.2) is 0 Å². The van der Waals surface area contributed by atoms with E-state index in [2.05, 4.69) is 15.6 Å². The number of aromatic nitrogens is 3. The van der Waals surface area contributed by atoms with Crippen LogP contribution in [-0.4, -0.2) is 46.7 Å². The second kappa shape index (κ2) is 8.14. The topological polar surface area (TPSA) is 97.2 Å². The number of sulfonamides is 1. The molecule has 0 saturated carbocycles. The van der Waals surface area contributed by atoms with Gasteiger partial charge in [0.1, 0.15) is 0 Å². The van der Waals surface area contributed by atoms with E-state index in [1.165, 1.54) is 16.4 Å². The van der Waals surface area contributed by atoms with Crippen molar-refractivity contribution in [2.24, 2.45) is 0 Å². The molecule has 0 radical (unpaired) electrons. The molecule has 1 N–H and O–H groups in total. The Bertz CT molecular complexity index is 1110. The summed E-state index contributed by atoms with van der Waals surface area (Å²) in [6.07, 6.45) is 5.99. The maximum Gasteiger partial charge on any atom is 0.255 e. The Morgan fingerprint density at radius 3 is 2.55 bits per heavy atom. The first-order chi connectivity index (χ1) is 14.1. The Labute approximate surface area is 169 Å². The van der Waals surface area contributed by atoms with Gasteiger partial charge in [-0.3, -0.25) is 4.79 Å². The Balaban J connectivity index is 1.59. The van der Waals surface area contributed by atoms with E-state index in [0.29, 0.717) is 24.5 Å². The van der Waals surface area contributed by atoms with Crippen molar-refractivity contribution in [2.45, 2.75) is 24.2 Å². The van der Waals surface area contributed by atoms with Crippen molar-refractivity contribution in [1.29, 1.82) is 0 Å². The highest BCUT2D eigenvalue weighted by Crippen LogP contribution is 2.23. The first-order valence-corrected chi connectivity index (χ1v) is 10.9. The summed E-state index contributed by atoms with van der Waals surface area (Å²) in [6.45, 7) is 1.04. The fourth-order valence-corrected chi connectivity index (χ4v) is 4.93. The molecule has 1 fully saturated rings. The fraction of sp³-hybridized carbons (Fsp3) is 0.250. The smallest absolute Gasteiger partial charge is 0.255 e. The van der Waals surface area contributed by atoms with E-state index in [0.717, 1.165) is 19.3 Å². The molecule has 8 nitrogen and oxygen atoms in total. The summed E-state index contributed by atoms with van der Waals surface area (Å²) in [7, 11) is -3.60. The SMILES string of the molecule is O=C(Nc1ccccc1-n1ccnn1)c1cccc(S(=O)(=O)N2CCCCC2)c1. The lowest BCUT2D eigenvalue weighted by Crippen LogP contribution is -2.35. The van der Waals surface area contributed by atoms with Gasteiger partial charge in [-0.1, -0.05) is 29.8 Å². The predicted molar refractivity (Wildman–Crippen MR) is 108 cm³/mol. The highest BCUT2D eigenvalue weighted by atomic mass is 32.2. The van der Waals surface area contributed by atoms with Crippen molar-refractivity contribution < 1.29 is 13.2 Å². The number of rotatable bonds is 5. The second-order valence-corrected chi connectivity index (χ2v) is 8.75. The van der Waals surface area contributed by atoms with E-state index in [9.17, 15) is 13.2 Å². The monoisotopic (exact) mass is 411 g/mol. The van der Waals surface area contributed by atoms with Crippen molar-refractivity contribution in [2.75, 3.05) is 18.4 Å². The molecule has 1 saturated heterocycles. The van der Waals surface area contributed by atoms with Crippen LogP contribution in [0.5, 0.6) is 0 Å². The summed E-state index contributed by atoms with van der Waals surface area (Å²) < 4.78 is 28.9. The molecule has 29 heavy (non-hydrogen) atoms. The molecule has 1 aliphatic rings. The van der Waals surface area contributed by atoms with Gasteiger partial charge in [-0.25, -0.2) is 13.1 Å². The van der Waals surface area contributed by atoms with Gasteiger partial charge < -0.3 is 5.32 Å². The molecule has 1 aromatic heterocycles. The van der Waals surface area contributed by atoms with Crippen LogP contribution in [0, 0.1) is 0 Å². The van der Waals surface area contributed by atoms with Crippen LogP contribution in [0.2, 0.25) is 0 Å². The van der Waals surface area contributed by atoms with E-state index in [4.69, 9.17) is 0 Å². The van der Waals surface area contributed by atoms with E-state index >= 15 is 0 Å². The van der Waals surface area contributed by atoms with Gasteiger partial charge in [0.25, 0.3) is 5.91 Å². The first-order valence-electron chi connectivity index (χ1n) is 9.43. The molecule has 0 spiro atoms. The number of para-hydroxylation sites is 2. The molecule has 0 atom stereocenters. The molecular formula is C20H21N5O3S. The summed E-state index contributed by atoms with van der Waals surface area (Å²) in [5, 5.41) is 10.6. The lowest BCUT2D eigenvalue weighted by atomic mass is 10.2. The van der Waals surface area contributed by atoms with Crippen LogP contribution in [0.3, 0.4) is 0 Å². The maximum absolute atomic E-state index is 12.9. The number of piperidine rings is 1. The molecule has 3 aromatic rings. The van der Waals surface area contributed by atoms with E-state index in [1.54, 1.807) is 41.3 Å². The molecule has 0 aliphatic carbocycles. The van der Waals surface area contributed by atoms with Crippen LogP contribution in [0.15, 0.2) is 65.8 Å². The summed E-state index contributed by atoms with van der Waals surface area (Å²) in [5.74, 6) is -0.395. The van der Waals surface area contributed by atoms with Crippen molar-refractivity contribution in [3.63, 3.8) is 0 Å². The zero-order valence-corrected chi connectivity index (χ0v) is 16.5. The van der Waals surface area contributed by atoms with Gasteiger partial charge in [-0.2, -0.15) is 4.31 Å². The summed E-state index contributed by atoms with van der Waals surface area (Å²) in [4.78, 5) is 13.0. The second-order valence-electron chi connectivity index (χ2n) is 6.81. The van der Waals surface area contributed by atoms with Crippen LogP contribution in [0.25, 0.3) is 5.69 Å². The Hall–Kier alpha value is -3.04. The van der Waals surface area contributed by atoms with Crippen LogP contribution in [0.4, 0.5) is 5.69 Å². The van der Waals surface area contributed by atoms with Gasteiger partial charge in [0, 0.05) is 18.7 Å². The molecule has 150 valence electrons. The van der Waals surface area contributed by atoms with Crippen molar-refractivity contribution in [3.05, 3.63) is 66.5 Å². The normalized spacial score (nSPS) is 15.2. The van der Waals surface area contributed by atoms with Gasteiger partial charge in [-0.15, -0.1) is 5.10 Å². The highest BCUT2D eigenvalue weighted by Gasteiger charge is 2.26. The average molecular weight is 411 g/mol. The summed E-state index contributed by atoms with van der Waals surface area (Å²) >= 11 is 0. The molecule has 4 rings (SSSR count). The highest BCUT2D eigenvalue weighted by molar-refractivity contribution is 7.89. The number of amides is 1. The third kappa shape index (κ3) is 4.06. The number of anilines is 1. The molecule has 0 unspecified atom stereocenters. The van der Waals surface area contributed by atoms with Gasteiger partial charge in [0.2, 0.25) is 10.0 Å². The van der Waals surface area contributed by atoms with Crippen molar-refractivity contribution in [1.82, 2.24) is 19.3 Å². The maximum atomic E-state index is 12.9. The molecule has 1 aliphatic heterocycles. The largest absolute Gasteiger partial charge is 0.320 e. The first kappa shape index (κ1) is 19.3. The average Bonchev–Trinajstić information content (AvgIpc) is 3.29. The summed E-state index contributed by atoms with van der Waals surface area (Å²) in [5.41, 5.74) is 1.49. The third-order valence-electron chi connectivity index (χ3n) is 4.87. The van der Waals surface area contributed by atoms with Gasteiger partial charge in [-0.05, 0) is 43.2 Å². The van der Waals surface area contributed by atoms with E-state index in [1.807, 2.05) is 12.1 Å². The number of carbonyl (C=O) groups is 1. The van der Waals surface area contributed by atoms with Gasteiger partial charge in [0.05, 0.1) is 28.7 Å². The number of hydrogen-bond acceptors (Lipinski definition) is 5. The Morgan fingerprint density at radius 2 is 1.79 bits per heavy atom. The Morgan fingerprint density at radius 1 is 1.00 bits per heavy atom. The minimum atomic E-state index is -3.60. The van der Waals surface area contributed by atoms with Crippen LogP contribution < -0.4 is 5.32 Å². The van der Waals surface area contributed by atoms with E-state index < -0.39 is 15.9 Å². The standard InChI is InChI=1S/C20H21N5O3S/c26-20(22-18-9-2-3-10-19(18)25-14-11-21-23-25)16-7-6-8-17(15-16)29(27,28)24-12-4-1-5-13-24/h2-3,6-11,14-15H,1,4-5,12-13H2,(H,22,26). The molecule has 0 bridgehead atoms. The number of hydrogen-bond donors (Lipinski definition) is 1.